The predicted octanol–water partition coefficient (Wildman–Crippen LogP) is 6.69. The van der Waals surface area contributed by atoms with Crippen LogP contribution < -0.4 is 9.64 Å². The molecule has 162 valence electrons. The molecule has 1 aliphatic heterocycles. The molecule has 0 spiro atoms. The summed E-state index contributed by atoms with van der Waals surface area (Å²) in [4.78, 5) is 14.4. The molecule has 0 N–H and O–H groups in total. The first-order valence-corrected chi connectivity index (χ1v) is 10.8. The van der Waals surface area contributed by atoms with Crippen molar-refractivity contribution >= 4 is 46.0 Å². The number of benzene rings is 3. The van der Waals surface area contributed by atoms with Gasteiger partial charge in [0.2, 0.25) is 0 Å². The molecule has 1 saturated heterocycles. The van der Waals surface area contributed by atoms with Gasteiger partial charge in [0.25, 0.3) is 5.91 Å². The van der Waals surface area contributed by atoms with E-state index in [4.69, 9.17) is 17.0 Å². The van der Waals surface area contributed by atoms with Crippen molar-refractivity contribution in [2.24, 2.45) is 0 Å². The fourth-order valence-corrected chi connectivity index (χ4v) is 4.41. The third-order valence-corrected chi connectivity index (χ3v) is 5.97. The second kappa shape index (κ2) is 9.18. The smallest absolute Gasteiger partial charge is 0.416 e. The first kappa shape index (κ1) is 22.1. The van der Waals surface area contributed by atoms with E-state index in [0.717, 1.165) is 34.4 Å². The normalized spacial score (nSPS) is 15.5. The lowest BCUT2D eigenvalue weighted by molar-refractivity contribution is -0.137. The van der Waals surface area contributed by atoms with Crippen LogP contribution in [0.5, 0.6) is 5.75 Å². The van der Waals surface area contributed by atoms with E-state index < -0.39 is 17.6 Å². The Hall–Kier alpha value is -3.10. The van der Waals surface area contributed by atoms with Crippen LogP contribution in [-0.2, 0) is 17.6 Å². The van der Waals surface area contributed by atoms with Gasteiger partial charge in [-0.3, -0.25) is 9.69 Å². The van der Waals surface area contributed by atoms with Crippen LogP contribution in [0.25, 0.3) is 6.08 Å². The molecule has 0 bridgehead atoms. The van der Waals surface area contributed by atoms with Crippen molar-refractivity contribution in [3.63, 3.8) is 0 Å². The number of halogens is 3. The number of rotatable bonds is 5. The Kier molecular flexibility index (Phi) is 6.34. The number of carbonyl (C=O) groups is 1. The second-order valence-corrected chi connectivity index (χ2v) is 8.55. The van der Waals surface area contributed by atoms with Gasteiger partial charge in [-0.05, 0) is 35.9 Å². The van der Waals surface area contributed by atoms with Crippen LogP contribution in [0.4, 0.5) is 18.9 Å². The minimum absolute atomic E-state index is 0.0827. The molecule has 1 heterocycles. The van der Waals surface area contributed by atoms with Crippen molar-refractivity contribution in [2.75, 3.05) is 4.90 Å². The Labute approximate surface area is 192 Å². The number of nitrogens with zero attached hydrogens (tertiary/aromatic N) is 1. The highest BCUT2D eigenvalue weighted by Gasteiger charge is 2.36. The highest BCUT2D eigenvalue weighted by molar-refractivity contribution is 8.27. The fourth-order valence-electron chi connectivity index (χ4n) is 3.12. The molecule has 32 heavy (non-hydrogen) atoms. The molecule has 0 atom stereocenters. The summed E-state index contributed by atoms with van der Waals surface area (Å²) >= 11 is 6.33. The van der Waals surface area contributed by atoms with E-state index in [1.54, 1.807) is 18.2 Å². The van der Waals surface area contributed by atoms with Gasteiger partial charge in [0.1, 0.15) is 12.4 Å². The summed E-state index contributed by atoms with van der Waals surface area (Å²) in [5.41, 5.74) is 0.915. The molecular weight excluding hydrogens is 455 g/mol. The lowest BCUT2D eigenvalue weighted by atomic mass is 10.1. The number of amides is 1. The van der Waals surface area contributed by atoms with Crippen LogP contribution in [-0.4, -0.2) is 10.2 Å². The number of carbonyl (C=O) groups excluding carboxylic acids is 1. The summed E-state index contributed by atoms with van der Waals surface area (Å²) in [6, 6.07) is 21.5. The average Bonchev–Trinajstić information content (AvgIpc) is 3.06. The largest absolute Gasteiger partial charge is 0.488 e. The maximum absolute atomic E-state index is 13.1. The molecule has 1 aliphatic rings. The minimum Gasteiger partial charge on any atom is -0.488 e. The second-order valence-electron chi connectivity index (χ2n) is 6.88. The molecule has 1 amide bonds. The molecule has 4 rings (SSSR count). The molecule has 0 radical (unpaired) electrons. The predicted molar refractivity (Wildman–Crippen MR) is 124 cm³/mol. The molecule has 0 saturated carbocycles. The van der Waals surface area contributed by atoms with Crippen LogP contribution >= 0.6 is 24.0 Å². The van der Waals surface area contributed by atoms with Gasteiger partial charge in [0.15, 0.2) is 4.32 Å². The Morgan fingerprint density at radius 2 is 1.69 bits per heavy atom. The minimum atomic E-state index is -4.51. The number of anilines is 1. The van der Waals surface area contributed by atoms with Crippen molar-refractivity contribution in [3.05, 3.63) is 100 Å². The van der Waals surface area contributed by atoms with Crippen LogP contribution in [0.1, 0.15) is 16.7 Å². The number of thioether (sulfide) groups is 1. The van der Waals surface area contributed by atoms with E-state index in [-0.39, 0.29) is 10.0 Å². The van der Waals surface area contributed by atoms with Gasteiger partial charge in [-0.15, -0.1) is 0 Å². The number of thiocarbonyl (C=S) groups is 1. The van der Waals surface area contributed by atoms with Gasteiger partial charge in [-0.1, -0.05) is 78.6 Å². The van der Waals surface area contributed by atoms with Crippen molar-refractivity contribution in [2.45, 2.75) is 12.8 Å². The van der Waals surface area contributed by atoms with Gasteiger partial charge in [0.05, 0.1) is 16.2 Å². The van der Waals surface area contributed by atoms with Crippen LogP contribution in [0.3, 0.4) is 0 Å². The van der Waals surface area contributed by atoms with Gasteiger partial charge >= 0.3 is 6.18 Å². The van der Waals surface area contributed by atoms with Gasteiger partial charge in [-0.25, -0.2) is 0 Å². The molecule has 0 aliphatic carbocycles. The first-order chi connectivity index (χ1) is 15.3. The monoisotopic (exact) mass is 471 g/mol. The zero-order valence-electron chi connectivity index (χ0n) is 16.5. The quantitative estimate of drug-likeness (QED) is 0.306. The first-order valence-electron chi connectivity index (χ1n) is 9.54. The maximum Gasteiger partial charge on any atom is 0.416 e. The van der Waals surface area contributed by atoms with E-state index in [1.165, 1.54) is 12.1 Å². The Morgan fingerprint density at radius 1 is 0.969 bits per heavy atom. The van der Waals surface area contributed by atoms with E-state index in [1.807, 2.05) is 42.5 Å². The van der Waals surface area contributed by atoms with Crippen molar-refractivity contribution < 1.29 is 22.7 Å². The summed E-state index contributed by atoms with van der Waals surface area (Å²) in [6.45, 7) is 0.358. The molecule has 0 aromatic heterocycles. The third kappa shape index (κ3) is 4.87. The van der Waals surface area contributed by atoms with E-state index >= 15 is 0 Å². The Morgan fingerprint density at radius 3 is 2.44 bits per heavy atom. The maximum atomic E-state index is 13.1. The molecular formula is C24H16F3NO2S2. The zero-order chi connectivity index (χ0) is 22.7. The van der Waals surface area contributed by atoms with Gasteiger partial charge < -0.3 is 4.74 Å². The summed E-state index contributed by atoms with van der Waals surface area (Å²) < 4.78 is 45.4. The summed E-state index contributed by atoms with van der Waals surface area (Å²) in [5.74, 6) is 0.109. The van der Waals surface area contributed by atoms with E-state index in [9.17, 15) is 18.0 Å². The topological polar surface area (TPSA) is 29.5 Å². The summed E-state index contributed by atoms with van der Waals surface area (Å²) in [7, 11) is 0. The van der Waals surface area contributed by atoms with Crippen LogP contribution in [0, 0.1) is 0 Å². The number of ether oxygens (including phenoxy) is 1. The van der Waals surface area contributed by atoms with Crippen molar-refractivity contribution in [3.8, 4) is 5.75 Å². The molecule has 0 unspecified atom stereocenters. The van der Waals surface area contributed by atoms with Crippen molar-refractivity contribution in [1.29, 1.82) is 0 Å². The lowest BCUT2D eigenvalue weighted by Crippen LogP contribution is -2.27. The van der Waals surface area contributed by atoms with E-state index in [0.29, 0.717) is 22.8 Å². The number of hydrogen-bond donors (Lipinski definition) is 0. The standard InChI is InChI=1S/C24H16F3NO2S2/c25-24(26,27)18-10-6-11-19(14-18)28-22(29)21(32-23(28)31)13-17-9-4-5-12-20(17)30-15-16-7-2-1-3-8-16/h1-14H,15H2/b21-13-. The lowest BCUT2D eigenvalue weighted by Gasteiger charge is -2.16. The molecule has 8 heteroatoms. The van der Waals surface area contributed by atoms with Crippen LogP contribution in [0.2, 0.25) is 0 Å². The molecule has 1 fully saturated rings. The summed E-state index contributed by atoms with van der Waals surface area (Å²) in [5, 5.41) is 0. The van der Waals surface area contributed by atoms with Crippen LogP contribution in [0.15, 0.2) is 83.8 Å². The number of para-hydroxylation sites is 1. The zero-order valence-corrected chi connectivity index (χ0v) is 18.1. The molecule has 3 aromatic carbocycles. The summed E-state index contributed by atoms with van der Waals surface area (Å²) in [6.07, 6.45) is -2.87. The SMILES string of the molecule is O=C1/C(=C/c2ccccc2OCc2ccccc2)SC(=S)N1c1cccc(C(F)(F)F)c1. The van der Waals surface area contributed by atoms with Crippen molar-refractivity contribution in [1.82, 2.24) is 0 Å². The highest BCUT2D eigenvalue weighted by Crippen LogP contribution is 2.39. The Bertz CT molecular complexity index is 1190. The number of alkyl halides is 3. The number of hydrogen-bond acceptors (Lipinski definition) is 4. The van der Waals surface area contributed by atoms with E-state index in [2.05, 4.69) is 0 Å². The molecule has 3 aromatic rings. The Balaban J connectivity index is 1.59. The van der Waals surface area contributed by atoms with Gasteiger partial charge in [-0.2, -0.15) is 13.2 Å². The average molecular weight is 472 g/mol. The fraction of sp³-hybridized carbons (Fsp3) is 0.0833. The van der Waals surface area contributed by atoms with Gasteiger partial charge in [0, 0.05) is 5.56 Å². The third-order valence-electron chi connectivity index (χ3n) is 4.67. The highest BCUT2D eigenvalue weighted by atomic mass is 32.2. The molecule has 3 nitrogen and oxygen atoms in total.